The number of ether oxygens (including phenoxy) is 1. The van der Waals surface area contributed by atoms with Crippen LogP contribution in [-0.2, 0) is 9.53 Å². The summed E-state index contributed by atoms with van der Waals surface area (Å²) in [5, 5.41) is 3.90. The Morgan fingerprint density at radius 1 is 1.43 bits per heavy atom. The van der Waals surface area contributed by atoms with E-state index in [0.29, 0.717) is 11.2 Å². The first-order valence-electron chi connectivity index (χ1n) is 10.0. The second-order valence-electron chi connectivity index (χ2n) is 6.31. The minimum Gasteiger partial charge on any atom is -0.381 e. The van der Waals surface area contributed by atoms with Crippen LogP contribution in [0.2, 0.25) is 0 Å². The molecule has 1 unspecified atom stereocenters. The van der Waals surface area contributed by atoms with Crippen LogP contribution in [0.4, 0.5) is 0 Å². The number of hydrogen-bond acceptors (Lipinski definition) is 6. The predicted molar refractivity (Wildman–Crippen MR) is 125 cm³/mol. The number of thioether (sulfide) groups is 2. The third-order valence-electron chi connectivity index (χ3n) is 4.41. The number of hydrogen-bond donors (Lipinski definition) is 1. The Hall–Kier alpha value is -1.18. The monoisotopic (exact) mass is 425 g/mol. The molecule has 2 rings (SSSR count). The third kappa shape index (κ3) is 9.85. The molecule has 0 spiro atoms. The molecule has 0 aromatic heterocycles. The summed E-state index contributed by atoms with van der Waals surface area (Å²) in [4.78, 5) is 14.8. The summed E-state index contributed by atoms with van der Waals surface area (Å²) in [6.45, 7) is 10.6. The zero-order valence-electron chi connectivity index (χ0n) is 17.4. The normalized spacial score (nSPS) is 23.5. The van der Waals surface area contributed by atoms with Crippen LogP contribution in [0.5, 0.6) is 0 Å². The SMILES string of the molecule is C=NN/C=C\CC1C=CCCN(CC2CCOCC2)C(=O)/C=C(\SC)S1.CC. The van der Waals surface area contributed by atoms with Gasteiger partial charge in [-0.3, -0.25) is 10.2 Å². The number of amides is 1. The summed E-state index contributed by atoms with van der Waals surface area (Å²) in [5.74, 6) is 0.692. The van der Waals surface area contributed by atoms with Crippen LogP contribution in [0.25, 0.3) is 0 Å². The van der Waals surface area contributed by atoms with Crippen molar-refractivity contribution in [2.45, 2.75) is 44.8 Å². The first kappa shape index (κ1) is 24.9. The summed E-state index contributed by atoms with van der Waals surface area (Å²) in [7, 11) is 0. The number of carbonyl (C=O) groups excluding carboxylic acids is 1. The highest BCUT2D eigenvalue weighted by atomic mass is 32.2. The third-order valence-corrected chi connectivity index (χ3v) is 6.72. The van der Waals surface area contributed by atoms with E-state index >= 15 is 0 Å². The van der Waals surface area contributed by atoms with Crippen LogP contribution in [0.3, 0.4) is 0 Å². The van der Waals surface area contributed by atoms with Gasteiger partial charge in [0.25, 0.3) is 0 Å². The molecule has 28 heavy (non-hydrogen) atoms. The molecule has 5 nitrogen and oxygen atoms in total. The standard InChI is InChI=1S/C19H29N3O2S2.C2H6/c1-20-21-10-5-7-17-6-3-4-11-22(15-16-8-12-24-13-9-16)18(23)14-19(25-2)26-17;1-2/h3,5-6,10,14,16-17,21H,1,4,7-9,11-13,15H2,2H3;1-2H3/b6-3?,10-5-,19-14+;. The Labute approximate surface area is 179 Å². The van der Waals surface area contributed by atoms with Gasteiger partial charge in [-0.15, -0.1) is 23.5 Å². The molecule has 0 radical (unpaired) electrons. The second-order valence-corrected chi connectivity index (χ2v) is 8.69. The molecule has 0 aromatic rings. The predicted octanol–water partition coefficient (Wildman–Crippen LogP) is 4.64. The van der Waals surface area contributed by atoms with Crippen molar-refractivity contribution < 1.29 is 9.53 Å². The maximum Gasteiger partial charge on any atom is 0.248 e. The van der Waals surface area contributed by atoms with Gasteiger partial charge >= 0.3 is 0 Å². The summed E-state index contributed by atoms with van der Waals surface area (Å²) in [5.41, 5.74) is 2.73. The van der Waals surface area contributed by atoms with Crippen LogP contribution in [-0.4, -0.2) is 55.3 Å². The summed E-state index contributed by atoms with van der Waals surface area (Å²) >= 11 is 3.38. The molecule has 1 N–H and O–H groups in total. The maximum atomic E-state index is 12.8. The quantitative estimate of drug-likeness (QED) is 0.366. The van der Waals surface area contributed by atoms with Crippen LogP contribution in [0.15, 0.2) is 39.8 Å². The molecule has 1 saturated heterocycles. The molecule has 2 heterocycles. The Morgan fingerprint density at radius 3 is 2.86 bits per heavy atom. The average molecular weight is 426 g/mol. The molecule has 1 fully saturated rings. The number of allylic oxidation sites excluding steroid dienone is 1. The molecule has 1 amide bonds. The molecule has 0 aliphatic carbocycles. The lowest BCUT2D eigenvalue weighted by molar-refractivity contribution is -0.127. The lowest BCUT2D eigenvalue weighted by Crippen LogP contribution is -2.37. The van der Waals surface area contributed by atoms with Crippen molar-refractivity contribution in [3.05, 3.63) is 34.7 Å². The van der Waals surface area contributed by atoms with Crippen molar-refractivity contribution in [1.82, 2.24) is 10.3 Å². The number of nitrogens with one attached hydrogen (secondary N) is 1. The van der Waals surface area contributed by atoms with E-state index in [4.69, 9.17) is 4.74 Å². The van der Waals surface area contributed by atoms with Gasteiger partial charge in [-0.25, -0.2) is 0 Å². The van der Waals surface area contributed by atoms with Gasteiger partial charge in [0.2, 0.25) is 5.91 Å². The van der Waals surface area contributed by atoms with Crippen LogP contribution < -0.4 is 5.43 Å². The molecule has 0 saturated carbocycles. The minimum atomic E-state index is 0.135. The topological polar surface area (TPSA) is 53.9 Å². The molecule has 0 aromatic carbocycles. The fraction of sp³-hybridized carbons (Fsp3) is 0.619. The lowest BCUT2D eigenvalue weighted by Gasteiger charge is -2.29. The Morgan fingerprint density at radius 2 is 2.18 bits per heavy atom. The molecular formula is C21H35N3O2S2. The summed E-state index contributed by atoms with van der Waals surface area (Å²) in [6.07, 6.45) is 16.0. The highest BCUT2D eigenvalue weighted by molar-refractivity contribution is 8.22. The Balaban J connectivity index is 0.00000190. The van der Waals surface area contributed by atoms with Gasteiger partial charge in [0, 0.05) is 54.8 Å². The molecule has 2 aliphatic rings. The van der Waals surface area contributed by atoms with Crippen LogP contribution >= 0.6 is 23.5 Å². The number of rotatable bonds is 7. The lowest BCUT2D eigenvalue weighted by atomic mass is 9.99. The van der Waals surface area contributed by atoms with Crippen LogP contribution in [0.1, 0.15) is 39.5 Å². The van der Waals surface area contributed by atoms with E-state index in [1.54, 1.807) is 29.7 Å². The number of carbonyl (C=O) groups is 1. The van der Waals surface area contributed by atoms with Crippen LogP contribution in [0, 0.1) is 5.92 Å². The highest BCUT2D eigenvalue weighted by Crippen LogP contribution is 2.33. The summed E-state index contributed by atoms with van der Waals surface area (Å²) in [6, 6.07) is 0. The first-order valence-corrected chi connectivity index (χ1v) is 12.1. The van der Waals surface area contributed by atoms with E-state index in [1.165, 1.54) is 0 Å². The van der Waals surface area contributed by atoms with Gasteiger partial charge in [0.05, 0.1) is 0 Å². The van der Waals surface area contributed by atoms with Gasteiger partial charge in [0.15, 0.2) is 0 Å². The second kappa shape index (κ2) is 15.7. The average Bonchev–Trinajstić information content (AvgIpc) is 2.74. The minimum absolute atomic E-state index is 0.135. The molecule has 7 heteroatoms. The fourth-order valence-corrected chi connectivity index (χ4v) is 4.80. The molecule has 158 valence electrons. The zero-order chi connectivity index (χ0) is 20.6. The summed E-state index contributed by atoms with van der Waals surface area (Å²) < 4.78 is 6.50. The molecule has 0 bridgehead atoms. The van der Waals surface area contributed by atoms with E-state index in [2.05, 4.69) is 29.4 Å². The van der Waals surface area contributed by atoms with Crippen molar-refractivity contribution in [2.24, 2.45) is 11.0 Å². The van der Waals surface area contributed by atoms with Gasteiger partial charge in [0.1, 0.15) is 0 Å². The van der Waals surface area contributed by atoms with E-state index < -0.39 is 0 Å². The maximum absolute atomic E-state index is 12.8. The van der Waals surface area contributed by atoms with Crippen molar-refractivity contribution in [3.63, 3.8) is 0 Å². The van der Waals surface area contributed by atoms with Crippen molar-refractivity contribution >= 4 is 36.1 Å². The largest absolute Gasteiger partial charge is 0.381 e. The van der Waals surface area contributed by atoms with E-state index in [0.717, 1.165) is 56.2 Å². The van der Waals surface area contributed by atoms with Crippen molar-refractivity contribution in [3.8, 4) is 0 Å². The van der Waals surface area contributed by atoms with Crippen molar-refractivity contribution in [2.75, 3.05) is 32.6 Å². The Kier molecular flexibility index (Phi) is 13.9. The Bertz CT molecular complexity index is 544. The van der Waals surface area contributed by atoms with Gasteiger partial charge in [-0.1, -0.05) is 32.1 Å². The van der Waals surface area contributed by atoms with E-state index in [9.17, 15) is 4.79 Å². The smallest absolute Gasteiger partial charge is 0.248 e. The van der Waals surface area contributed by atoms with Gasteiger partial charge < -0.3 is 9.64 Å². The molecular weight excluding hydrogens is 390 g/mol. The number of nitrogens with zero attached hydrogens (tertiary/aromatic N) is 2. The van der Waals surface area contributed by atoms with Crippen molar-refractivity contribution in [1.29, 1.82) is 0 Å². The molecule has 2 aliphatic heterocycles. The highest BCUT2D eigenvalue weighted by Gasteiger charge is 2.21. The number of hydrazone groups is 1. The zero-order valence-corrected chi connectivity index (χ0v) is 19.1. The fourth-order valence-electron chi connectivity index (χ4n) is 2.97. The van der Waals surface area contributed by atoms with Gasteiger partial charge in [-0.05, 0) is 37.9 Å². The van der Waals surface area contributed by atoms with E-state index in [-0.39, 0.29) is 5.91 Å². The van der Waals surface area contributed by atoms with E-state index in [1.807, 2.05) is 37.2 Å². The molecule has 1 atom stereocenters. The first-order chi connectivity index (χ1) is 13.7. The van der Waals surface area contributed by atoms with Gasteiger partial charge in [-0.2, -0.15) is 5.10 Å².